The van der Waals surface area contributed by atoms with Crippen LogP contribution in [0.4, 0.5) is 0 Å². The molecule has 10 N–H and O–H groups in total. The van der Waals surface area contributed by atoms with Gasteiger partial charge in [0.2, 0.25) is 6.29 Å². The molecule has 0 spiro atoms. The molecule has 53 heavy (non-hydrogen) atoms. The van der Waals surface area contributed by atoms with Crippen LogP contribution in [0.15, 0.2) is 30.3 Å². The maximum absolute atomic E-state index is 13.3. The van der Waals surface area contributed by atoms with Crippen molar-refractivity contribution >= 4 is 21.4 Å². The molecular weight excluding hydrogens is 780 g/mol. The number of phosphoric acid groups is 2. The van der Waals surface area contributed by atoms with Crippen molar-refractivity contribution < 1.29 is 161 Å². The number of aliphatic hydroxyl groups is 6. The fraction of sp³-hybridized carbons (Fsp3) is 0.536. The molecule has 2 saturated heterocycles. The first-order valence-electron chi connectivity index (χ1n) is 15.0. The van der Waals surface area contributed by atoms with Crippen molar-refractivity contribution in [3.63, 3.8) is 0 Å². The monoisotopic (exact) mass is 816 g/mol. The van der Waals surface area contributed by atoms with Gasteiger partial charge in [0.25, 0.3) is 0 Å². The van der Waals surface area contributed by atoms with Crippen LogP contribution in [-0.4, -0.2) is 131 Å². The maximum Gasteiger partial charge on any atom is 1.00 e. The van der Waals surface area contributed by atoms with Gasteiger partial charge in [0.1, 0.15) is 71.6 Å². The SMILES string of the molecule is COc1ccc([C@@H]2CC(=O)c3c(cc(O[C@@H]4O[C@H](CO[C@@H]5O[C@@H](C)[C@H](O)[C@@H](O)[C@H]5O)[C@@H](O)[C@H](O)[C@H]4O)cc3OP(=O)(O)O)O2)cc1OP(=O)(O)O.[Na+].[Na+]. The number of hydrogen-bond acceptors (Lipinski definition) is 17. The molecule has 0 radical (unpaired) electrons. The molecule has 284 valence electrons. The van der Waals surface area contributed by atoms with Gasteiger partial charge in [-0.3, -0.25) is 24.4 Å². The van der Waals surface area contributed by atoms with E-state index in [1.54, 1.807) is 0 Å². The first-order chi connectivity index (χ1) is 23.8. The summed E-state index contributed by atoms with van der Waals surface area (Å²) >= 11 is 0. The number of phosphoric ester groups is 2. The number of rotatable bonds is 11. The van der Waals surface area contributed by atoms with Gasteiger partial charge >= 0.3 is 74.8 Å². The molecule has 21 nitrogen and oxygen atoms in total. The number of aliphatic hydroxyl groups excluding tert-OH is 6. The van der Waals surface area contributed by atoms with Crippen molar-refractivity contribution in [2.45, 2.75) is 80.9 Å². The van der Waals surface area contributed by atoms with E-state index in [-0.39, 0.29) is 81.9 Å². The average molecular weight is 817 g/mol. The van der Waals surface area contributed by atoms with Gasteiger partial charge in [0, 0.05) is 12.1 Å². The van der Waals surface area contributed by atoms with Crippen LogP contribution in [0, 0.1) is 0 Å². The number of benzene rings is 2. The first-order valence-corrected chi connectivity index (χ1v) is 18.1. The summed E-state index contributed by atoms with van der Waals surface area (Å²) in [7, 11) is -9.15. The van der Waals surface area contributed by atoms with Gasteiger partial charge in [0.15, 0.2) is 23.6 Å². The molecule has 0 saturated carbocycles. The summed E-state index contributed by atoms with van der Waals surface area (Å²) in [6, 6.07) is 5.79. The Kier molecular flexibility index (Phi) is 16.2. The summed E-state index contributed by atoms with van der Waals surface area (Å²) in [5.41, 5.74) is -0.252. The molecule has 3 heterocycles. The summed E-state index contributed by atoms with van der Waals surface area (Å²) in [5, 5.41) is 62.0. The van der Waals surface area contributed by atoms with E-state index in [1.165, 1.54) is 26.2 Å². The van der Waals surface area contributed by atoms with Crippen molar-refractivity contribution in [3.05, 3.63) is 41.5 Å². The normalized spacial score (nSPS) is 31.5. The number of carbonyl (C=O) groups is 1. The van der Waals surface area contributed by atoms with Crippen molar-refractivity contribution in [2.24, 2.45) is 0 Å². The Labute approximate surface area is 344 Å². The molecule has 0 bridgehead atoms. The van der Waals surface area contributed by atoms with Gasteiger partial charge < -0.3 is 68.1 Å². The van der Waals surface area contributed by atoms with E-state index in [9.17, 15) is 64.1 Å². The third-order valence-corrected chi connectivity index (χ3v) is 8.98. The Hall–Kier alpha value is -0.950. The van der Waals surface area contributed by atoms with Crippen LogP contribution < -0.4 is 82.4 Å². The molecule has 2 aromatic carbocycles. The van der Waals surface area contributed by atoms with Crippen LogP contribution in [0.25, 0.3) is 0 Å². The minimum atomic E-state index is -5.32. The zero-order valence-electron chi connectivity index (χ0n) is 28.5. The second-order valence-corrected chi connectivity index (χ2v) is 14.1. The minimum Gasteiger partial charge on any atom is -0.493 e. The van der Waals surface area contributed by atoms with E-state index in [0.717, 1.165) is 18.2 Å². The quantitative estimate of drug-likeness (QED) is 0.0744. The number of methoxy groups -OCH3 is 1. The van der Waals surface area contributed by atoms with Crippen molar-refractivity contribution in [2.75, 3.05) is 13.7 Å². The van der Waals surface area contributed by atoms with E-state index in [4.69, 9.17) is 32.9 Å². The molecule has 3 aliphatic rings. The fourth-order valence-corrected chi connectivity index (χ4v) is 6.37. The van der Waals surface area contributed by atoms with Gasteiger partial charge in [-0.25, -0.2) is 9.13 Å². The fourth-order valence-electron chi connectivity index (χ4n) is 5.57. The smallest absolute Gasteiger partial charge is 0.493 e. The maximum atomic E-state index is 13.3. The van der Waals surface area contributed by atoms with E-state index < -0.39 is 119 Å². The van der Waals surface area contributed by atoms with Crippen LogP contribution >= 0.6 is 15.6 Å². The third-order valence-electron chi connectivity index (χ3n) is 8.11. The molecule has 2 aromatic rings. The topological polar surface area (TPSA) is 327 Å². The van der Waals surface area contributed by atoms with Crippen LogP contribution in [0.1, 0.15) is 35.4 Å². The minimum absolute atomic E-state index is 0. The average Bonchev–Trinajstić information content (AvgIpc) is 3.03. The van der Waals surface area contributed by atoms with E-state index in [2.05, 4.69) is 4.52 Å². The van der Waals surface area contributed by atoms with Gasteiger partial charge in [-0.15, -0.1) is 0 Å². The molecule has 2 fully saturated rings. The van der Waals surface area contributed by atoms with E-state index in [1.807, 2.05) is 0 Å². The van der Waals surface area contributed by atoms with Crippen molar-refractivity contribution in [3.8, 4) is 28.7 Å². The van der Waals surface area contributed by atoms with Gasteiger partial charge in [-0.05, 0) is 24.6 Å². The van der Waals surface area contributed by atoms with E-state index in [0.29, 0.717) is 0 Å². The summed E-state index contributed by atoms with van der Waals surface area (Å²) in [6.07, 6.45) is -17.8. The first kappa shape index (κ1) is 46.4. The third kappa shape index (κ3) is 11.1. The summed E-state index contributed by atoms with van der Waals surface area (Å²) < 4.78 is 65.9. The summed E-state index contributed by atoms with van der Waals surface area (Å²) in [4.78, 5) is 51.1. The molecule has 3 aliphatic heterocycles. The molecule has 0 aromatic heterocycles. The molecule has 5 rings (SSSR count). The zero-order valence-corrected chi connectivity index (χ0v) is 34.3. The van der Waals surface area contributed by atoms with Crippen molar-refractivity contribution in [1.29, 1.82) is 0 Å². The van der Waals surface area contributed by atoms with Crippen LogP contribution in [-0.2, 0) is 23.3 Å². The molecular formula is C28H36Na2O21P2+2. The number of ether oxygens (including phenoxy) is 6. The van der Waals surface area contributed by atoms with Crippen LogP contribution in [0.3, 0.4) is 0 Å². The number of ketones is 1. The number of hydrogen-bond donors (Lipinski definition) is 10. The molecule has 0 amide bonds. The number of fused-ring (bicyclic) bond motifs is 1. The zero-order chi connectivity index (χ0) is 37.6. The Morgan fingerprint density at radius 1 is 0.755 bits per heavy atom. The van der Waals surface area contributed by atoms with Gasteiger partial charge in [-0.1, -0.05) is 6.07 Å². The number of carbonyl (C=O) groups excluding carboxylic acids is 1. The van der Waals surface area contributed by atoms with Crippen LogP contribution in [0.5, 0.6) is 28.7 Å². The molecule has 11 atom stereocenters. The van der Waals surface area contributed by atoms with Gasteiger partial charge in [-0.2, -0.15) is 0 Å². The largest absolute Gasteiger partial charge is 1.00 e. The summed E-state index contributed by atoms with van der Waals surface area (Å²) in [5.74, 6) is -2.64. The van der Waals surface area contributed by atoms with E-state index >= 15 is 0 Å². The predicted molar refractivity (Wildman–Crippen MR) is 163 cm³/mol. The van der Waals surface area contributed by atoms with Crippen molar-refractivity contribution in [1.82, 2.24) is 0 Å². The Morgan fingerprint density at radius 3 is 1.98 bits per heavy atom. The Bertz CT molecular complexity index is 1690. The second-order valence-electron chi connectivity index (χ2n) is 11.7. The molecule has 25 heteroatoms. The Balaban J connectivity index is 0.00000378. The standard InChI is InChI=1S/C28H36O21P2.2Na/c1-10-21(30)23(32)25(34)27(44-10)43-9-19-22(31)24(33)26(35)28(47-19)45-12-6-17-20(18(7-12)49-51(39,40)41)13(29)8-15(46-17)11-3-4-14(42-2)16(5-11)48-50(36,37)38;;/h3-7,10,15,19,21-28,30-35H,8-9H2,1-2H3,(H2,36,37,38)(H2,39,40,41);;/q;2*+1/t10-,15-,19+,21-,22+,23+,24-,25+,26+,27+,28+;;/m0../s1. The Morgan fingerprint density at radius 2 is 1.36 bits per heavy atom. The van der Waals surface area contributed by atoms with Crippen LogP contribution in [0.2, 0.25) is 0 Å². The number of Topliss-reactive ketones (excluding diaryl/α,β-unsaturated/α-hetero) is 1. The predicted octanol–water partition coefficient (Wildman–Crippen LogP) is -7.62. The second kappa shape index (κ2) is 18.5. The summed E-state index contributed by atoms with van der Waals surface area (Å²) in [6.45, 7) is 0.789. The molecule has 0 aliphatic carbocycles. The van der Waals surface area contributed by atoms with Gasteiger partial charge in [0.05, 0.1) is 26.2 Å². The molecule has 0 unspecified atom stereocenters.